The van der Waals surface area contributed by atoms with Gasteiger partial charge >= 0.3 is 5.97 Å². The Morgan fingerprint density at radius 1 is 1.58 bits per heavy atom. The normalized spacial score (nSPS) is 14.5. The third-order valence-corrected chi connectivity index (χ3v) is 2.79. The minimum absolute atomic E-state index is 0.0702. The average Bonchev–Trinajstić information content (AvgIpc) is 2.66. The molecule has 1 aromatic carbocycles. The zero-order valence-corrected chi connectivity index (χ0v) is 9.97. The van der Waals surface area contributed by atoms with E-state index in [1.165, 1.54) is 19.1 Å². The van der Waals surface area contributed by atoms with Crippen LogP contribution in [0.3, 0.4) is 0 Å². The number of benzene rings is 1. The third kappa shape index (κ3) is 2.46. The third-order valence-electron chi connectivity index (χ3n) is 2.79. The fourth-order valence-corrected chi connectivity index (χ4v) is 1.82. The number of fused-ring (bicyclic) bond motifs is 1. The molecule has 0 fully saturated rings. The second-order valence-electron chi connectivity index (χ2n) is 4.21. The second-order valence-corrected chi connectivity index (χ2v) is 4.21. The SMILES string of the molecule is CC(Nc1cc2c(cc1[N+](=O)[O-])CC(=O)N2)C(=O)O. The lowest BCUT2D eigenvalue weighted by Gasteiger charge is -2.12. The zero-order chi connectivity index (χ0) is 14.2. The Bertz CT molecular complexity index is 584. The molecule has 2 rings (SSSR count). The molecule has 1 atom stereocenters. The summed E-state index contributed by atoms with van der Waals surface area (Å²) < 4.78 is 0. The van der Waals surface area contributed by atoms with E-state index in [0.29, 0.717) is 11.3 Å². The molecule has 0 radical (unpaired) electrons. The summed E-state index contributed by atoms with van der Waals surface area (Å²) in [7, 11) is 0. The molecule has 0 bridgehead atoms. The maximum atomic E-state index is 11.2. The molecule has 1 amide bonds. The molecule has 100 valence electrons. The summed E-state index contributed by atoms with van der Waals surface area (Å²) in [5.74, 6) is -1.37. The lowest BCUT2D eigenvalue weighted by Crippen LogP contribution is -2.25. The number of rotatable bonds is 4. The molecule has 0 aliphatic carbocycles. The lowest BCUT2D eigenvalue weighted by molar-refractivity contribution is -0.384. The minimum Gasteiger partial charge on any atom is -0.480 e. The number of nitro benzene ring substituents is 1. The van der Waals surface area contributed by atoms with Crippen molar-refractivity contribution in [3.05, 3.63) is 27.8 Å². The van der Waals surface area contributed by atoms with Crippen molar-refractivity contribution in [2.75, 3.05) is 10.6 Å². The van der Waals surface area contributed by atoms with E-state index in [1.54, 1.807) is 0 Å². The molecule has 8 heteroatoms. The molecule has 1 aromatic rings. The Hall–Kier alpha value is -2.64. The van der Waals surface area contributed by atoms with Crippen LogP contribution in [-0.4, -0.2) is 27.9 Å². The summed E-state index contributed by atoms with van der Waals surface area (Å²) in [4.78, 5) is 32.4. The number of hydrogen-bond acceptors (Lipinski definition) is 5. The number of hydrogen-bond donors (Lipinski definition) is 3. The van der Waals surface area contributed by atoms with Crippen LogP contribution in [0.1, 0.15) is 12.5 Å². The quantitative estimate of drug-likeness (QED) is 0.551. The molecule has 0 spiro atoms. The van der Waals surface area contributed by atoms with Crippen LogP contribution in [0.15, 0.2) is 12.1 Å². The van der Waals surface area contributed by atoms with Gasteiger partial charge in [-0.05, 0) is 18.6 Å². The molecule has 0 saturated carbocycles. The van der Waals surface area contributed by atoms with Crippen molar-refractivity contribution in [2.24, 2.45) is 0 Å². The topological polar surface area (TPSA) is 122 Å². The van der Waals surface area contributed by atoms with Crippen molar-refractivity contribution in [1.82, 2.24) is 0 Å². The molecule has 1 heterocycles. The molecule has 0 aromatic heterocycles. The summed E-state index contributed by atoms with van der Waals surface area (Å²) >= 11 is 0. The van der Waals surface area contributed by atoms with Gasteiger partial charge in [0.1, 0.15) is 11.7 Å². The predicted octanol–water partition coefficient (Wildman–Crippen LogP) is 0.974. The Morgan fingerprint density at radius 2 is 2.26 bits per heavy atom. The van der Waals surface area contributed by atoms with Crippen molar-refractivity contribution in [3.63, 3.8) is 0 Å². The summed E-state index contributed by atoms with van der Waals surface area (Å²) in [6.07, 6.45) is 0.0882. The maximum Gasteiger partial charge on any atom is 0.325 e. The smallest absolute Gasteiger partial charge is 0.325 e. The number of aliphatic carboxylic acids is 1. The van der Waals surface area contributed by atoms with E-state index in [9.17, 15) is 19.7 Å². The summed E-state index contributed by atoms with van der Waals surface area (Å²) in [5, 5.41) is 24.9. The number of carboxylic acids is 1. The summed E-state index contributed by atoms with van der Waals surface area (Å²) in [6.45, 7) is 1.37. The van der Waals surface area contributed by atoms with E-state index in [1.807, 2.05) is 0 Å². The molecule has 1 aliphatic rings. The van der Waals surface area contributed by atoms with E-state index in [4.69, 9.17) is 5.11 Å². The Balaban J connectivity index is 2.42. The highest BCUT2D eigenvalue weighted by molar-refractivity contribution is 6.00. The van der Waals surface area contributed by atoms with Gasteiger partial charge in [0.05, 0.1) is 11.3 Å². The second kappa shape index (κ2) is 4.56. The standard InChI is InChI=1S/C11H11N3O5/c1-5(11(16)17)12-8-4-7-6(3-10(15)13-7)2-9(8)14(18)19/h2,4-5,12H,3H2,1H3,(H,13,15)(H,16,17). The van der Waals surface area contributed by atoms with Gasteiger partial charge < -0.3 is 15.7 Å². The highest BCUT2D eigenvalue weighted by atomic mass is 16.6. The van der Waals surface area contributed by atoms with Gasteiger partial charge in [-0.2, -0.15) is 0 Å². The number of amides is 1. The highest BCUT2D eigenvalue weighted by Crippen LogP contribution is 2.34. The van der Waals surface area contributed by atoms with Crippen molar-refractivity contribution in [2.45, 2.75) is 19.4 Å². The first-order chi connectivity index (χ1) is 8.88. The molecular weight excluding hydrogens is 254 g/mol. The fraction of sp³-hybridized carbons (Fsp3) is 0.273. The number of nitro groups is 1. The van der Waals surface area contributed by atoms with Crippen LogP contribution in [0.4, 0.5) is 17.1 Å². The number of anilines is 2. The Labute approximate surface area is 107 Å². The summed E-state index contributed by atoms with van der Waals surface area (Å²) in [6, 6.07) is 1.69. The van der Waals surface area contributed by atoms with Crippen LogP contribution in [0.5, 0.6) is 0 Å². The van der Waals surface area contributed by atoms with Crippen LogP contribution in [-0.2, 0) is 16.0 Å². The first-order valence-electron chi connectivity index (χ1n) is 5.49. The van der Waals surface area contributed by atoms with Crippen LogP contribution in [0, 0.1) is 10.1 Å². The molecule has 8 nitrogen and oxygen atoms in total. The van der Waals surface area contributed by atoms with Crippen molar-refractivity contribution < 1.29 is 19.6 Å². The van der Waals surface area contributed by atoms with Crippen molar-refractivity contribution >= 4 is 28.9 Å². The average molecular weight is 265 g/mol. The number of carboxylic acid groups (broad SMARTS) is 1. The highest BCUT2D eigenvalue weighted by Gasteiger charge is 2.26. The molecule has 1 unspecified atom stereocenters. The lowest BCUT2D eigenvalue weighted by atomic mass is 10.1. The van der Waals surface area contributed by atoms with Gasteiger partial charge in [-0.1, -0.05) is 0 Å². The Kier molecular flexibility index (Phi) is 3.07. The van der Waals surface area contributed by atoms with Crippen molar-refractivity contribution in [1.29, 1.82) is 0 Å². The molecule has 0 saturated heterocycles. The van der Waals surface area contributed by atoms with Crippen LogP contribution in [0.25, 0.3) is 0 Å². The predicted molar refractivity (Wildman–Crippen MR) is 66.2 cm³/mol. The van der Waals surface area contributed by atoms with Gasteiger partial charge in [-0.25, -0.2) is 0 Å². The molecular formula is C11H11N3O5. The largest absolute Gasteiger partial charge is 0.480 e. The van der Waals surface area contributed by atoms with Gasteiger partial charge in [0, 0.05) is 11.8 Å². The molecule has 3 N–H and O–H groups in total. The van der Waals surface area contributed by atoms with Gasteiger partial charge in [0.15, 0.2) is 0 Å². The van der Waals surface area contributed by atoms with Crippen LogP contribution >= 0.6 is 0 Å². The first-order valence-corrected chi connectivity index (χ1v) is 5.49. The van der Waals surface area contributed by atoms with E-state index in [0.717, 1.165) is 0 Å². The number of carbonyl (C=O) groups is 2. The summed E-state index contributed by atoms with van der Waals surface area (Å²) in [5.41, 5.74) is 0.824. The zero-order valence-electron chi connectivity index (χ0n) is 9.97. The van der Waals surface area contributed by atoms with Crippen LogP contribution < -0.4 is 10.6 Å². The maximum absolute atomic E-state index is 11.2. The number of nitrogens with one attached hydrogen (secondary N) is 2. The van der Waals surface area contributed by atoms with Gasteiger partial charge in [-0.3, -0.25) is 19.7 Å². The monoisotopic (exact) mass is 265 g/mol. The van der Waals surface area contributed by atoms with Gasteiger partial charge in [-0.15, -0.1) is 0 Å². The van der Waals surface area contributed by atoms with E-state index >= 15 is 0 Å². The fourth-order valence-electron chi connectivity index (χ4n) is 1.82. The van der Waals surface area contributed by atoms with Crippen molar-refractivity contribution in [3.8, 4) is 0 Å². The molecule has 19 heavy (non-hydrogen) atoms. The van der Waals surface area contributed by atoms with Gasteiger partial charge in [0.25, 0.3) is 5.69 Å². The van der Waals surface area contributed by atoms with Crippen LogP contribution in [0.2, 0.25) is 0 Å². The van der Waals surface area contributed by atoms with E-state index in [-0.39, 0.29) is 23.7 Å². The Morgan fingerprint density at radius 3 is 2.84 bits per heavy atom. The number of carbonyl (C=O) groups excluding carboxylic acids is 1. The van der Waals surface area contributed by atoms with Gasteiger partial charge in [0.2, 0.25) is 5.91 Å². The van der Waals surface area contributed by atoms with E-state index in [2.05, 4.69) is 10.6 Å². The first kappa shape index (κ1) is 12.8. The number of nitrogens with zero attached hydrogens (tertiary/aromatic N) is 1. The van der Waals surface area contributed by atoms with E-state index < -0.39 is 16.9 Å². The minimum atomic E-state index is -1.13. The molecule has 1 aliphatic heterocycles.